The number of H-pyrrole nitrogens is 1. The van der Waals surface area contributed by atoms with E-state index in [9.17, 15) is 19.5 Å². The summed E-state index contributed by atoms with van der Waals surface area (Å²) in [6, 6.07) is 5.45. The number of carbonyl (C=O) groups is 1. The first kappa shape index (κ1) is 21.1. The van der Waals surface area contributed by atoms with Crippen LogP contribution in [0.3, 0.4) is 0 Å². The van der Waals surface area contributed by atoms with Gasteiger partial charge in [0.25, 0.3) is 5.56 Å². The van der Waals surface area contributed by atoms with E-state index < -0.39 is 23.4 Å². The fraction of sp³-hybridized carbons (Fsp3) is 0.409. The first-order chi connectivity index (χ1) is 15.7. The molecule has 0 saturated carbocycles. The molecular formula is C22H25N7O4. The van der Waals surface area contributed by atoms with Crippen molar-refractivity contribution < 1.29 is 9.90 Å². The number of imidazole rings is 2. The largest absolute Gasteiger partial charge is 0.389 e. The van der Waals surface area contributed by atoms with Crippen LogP contribution in [0.15, 0.2) is 34.1 Å². The number of amides is 1. The maximum atomic E-state index is 12.9. The molecule has 5 rings (SSSR count). The van der Waals surface area contributed by atoms with Gasteiger partial charge in [-0.05, 0) is 24.6 Å². The average Bonchev–Trinajstić information content (AvgIpc) is 3.50. The van der Waals surface area contributed by atoms with Crippen molar-refractivity contribution in [2.24, 2.45) is 14.1 Å². The maximum absolute atomic E-state index is 12.9. The van der Waals surface area contributed by atoms with Gasteiger partial charge in [0.05, 0.1) is 29.5 Å². The molecule has 33 heavy (non-hydrogen) atoms. The number of nitrogens with zero attached hydrogens (tertiary/aromatic N) is 6. The average molecular weight is 451 g/mol. The number of rotatable bonds is 4. The molecule has 1 saturated heterocycles. The van der Waals surface area contributed by atoms with E-state index in [0.29, 0.717) is 12.1 Å². The molecule has 1 aliphatic rings. The Bertz CT molecular complexity index is 1510. The summed E-state index contributed by atoms with van der Waals surface area (Å²) in [6.45, 7) is 2.44. The Balaban J connectivity index is 1.34. The Morgan fingerprint density at radius 2 is 2.00 bits per heavy atom. The van der Waals surface area contributed by atoms with Crippen LogP contribution >= 0.6 is 0 Å². The van der Waals surface area contributed by atoms with Crippen LogP contribution in [-0.4, -0.2) is 63.8 Å². The Morgan fingerprint density at radius 1 is 1.21 bits per heavy atom. The quantitative estimate of drug-likeness (QED) is 0.449. The second kappa shape index (κ2) is 7.69. The van der Waals surface area contributed by atoms with Gasteiger partial charge >= 0.3 is 5.69 Å². The summed E-state index contributed by atoms with van der Waals surface area (Å²) in [6.07, 6.45) is 1.31. The van der Waals surface area contributed by atoms with Crippen molar-refractivity contribution in [2.75, 3.05) is 13.1 Å². The van der Waals surface area contributed by atoms with E-state index >= 15 is 0 Å². The van der Waals surface area contributed by atoms with Gasteiger partial charge in [0.15, 0.2) is 5.52 Å². The normalized spacial score (nSPS) is 18.6. The number of hydrogen-bond donors (Lipinski definition) is 2. The summed E-state index contributed by atoms with van der Waals surface area (Å²) >= 11 is 0. The van der Waals surface area contributed by atoms with Gasteiger partial charge in [-0.1, -0.05) is 6.07 Å². The van der Waals surface area contributed by atoms with Crippen LogP contribution in [0.5, 0.6) is 0 Å². The number of aliphatic hydroxyl groups excluding tert-OH is 1. The number of aryl methyl sites for hydroxylation is 3. The predicted molar refractivity (Wildman–Crippen MR) is 121 cm³/mol. The van der Waals surface area contributed by atoms with Gasteiger partial charge in [-0.15, -0.1) is 0 Å². The van der Waals surface area contributed by atoms with Crippen LogP contribution in [0.4, 0.5) is 0 Å². The number of fused-ring (bicyclic) bond motifs is 2. The summed E-state index contributed by atoms with van der Waals surface area (Å²) in [5.74, 6) is 0.647. The molecule has 11 nitrogen and oxygen atoms in total. The molecule has 4 aromatic rings. The summed E-state index contributed by atoms with van der Waals surface area (Å²) in [5, 5.41) is 10.7. The van der Waals surface area contributed by atoms with Gasteiger partial charge in [0.2, 0.25) is 5.91 Å². The number of aromatic nitrogens is 6. The minimum atomic E-state index is -0.848. The Hall–Kier alpha value is -3.73. The van der Waals surface area contributed by atoms with Crippen molar-refractivity contribution in [2.45, 2.75) is 31.9 Å². The van der Waals surface area contributed by atoms with E-state index in [4.69, 9.17) is 0 Å². The smallest absolute Gasteiger partial charge is 0.332 e. The van der Waals surface area contributed by atoms with Crippen LogP contribution in [0.2, 0.25) is 0 Å². The van der Waals surface area contributed by atoms with Crippen LogP contribution in [0, 0.1) is 6.92 Å². The number of aliphatic hydroxyl groups is 1. The number of β-amino-alcohol motifs (C(OH)–C–C–N with tert-alkyl or cyclic N) is 1. The molecule has 0 radical (unpaired) electrons. The fourth-order valence-corrected chi connectivity index (χ4v) is 4.57. The van der Waals surface area contributed by atoms with Crippen molar-refractivity contribution in [3.63, 3.8) is 0 Å². The third-order valence-corrected chi connectivity index (χ3v) is 6.40. The maximum Gasteiger partial charge on any atom is 0.332 e. The number of benzene rings is 1. The summed E-state index contributed by atoms with van der Waals surface area (Å²) in [5.41, 5.74) is 2.45. The number of nitrogens with one attached hydrogen (secondary N) is 1. The SMILES string of the molecule is Cc1ccc2nc(CCC(=O)N3C[C@H](O)[C@@H](n4cnc5c(=O)n(C)c(=O)n(C)c54)C3)[nH]c2c1. The lowest BCUT2D eigenvalue weighted by atomic mass is 10.2. The van der Waals surface area contributed by atoms with E-state index in [1.807, 2.05) is 25.1 Å². The van der Waals surface area contributed by atoms with Gasteiger partial charge in [-0.25, -0.2) is 14.8 Å². The molecule has 3 aromatic heterocycles. The van der Waals surface area contributed by atoms with E-state index in [-0.39, 0.29) is 30.9 Å². The second-order valence-electron chi connectivity index (χ2n) is 8.67. The molecule has 11 heteroatoms. The first-order valence-corrected chi connectivity index (χ1v) is 10.8. The third kappa shape index (κ3) is 3.44. The molecule has 1 amide bonds. The van der Waals surface area contributed by atoms with E-state index in [0.717, 1.165) is 27.0 Å². The van der Waals surface area contributed by atoms with Crippen LogP contribution in [-0.2, 0) is 25.3 Å². The highest BCUT2D eigenvalue weighted by Gasteiger charge is 2.36. The molecule has 0 spiro atoms. The van der Waals surface area contributed by atoms with Crippen molar-refractivity contribution in [3.05, 3.63) is 56.8 Å². The molecule has 0 aliphatic carbocycles. The standard InChI is InChI=1S/C22H25N7O4/c1-12-4-5-13-14(8-12)25-17(24-13)6-7-18(31)28-9-15(16(30)10-28)29-11-23-19-20(29)26(2)22(33)27(3)21(19)32/h4-5,8,11,15-16,30H,6-7,9-10H2,1-3H3,(H,24,25)/t15-,16-/m0/s1. The second-order valence-corrected chi connectivity index (χ2v) is 8.67. The van der Waals surface area contributed by atoms with E-state index in [1.54, 1.807) is 16.5 Å². The van der Waals surface area contributed by atoms with Gasteiger partial charge in [0, 0.05) is 40.0 Å². The lowest BCUT2D eigenvalue weighted by Crippen LogP contribution is -2.38. The zero-order valence-corrected chi connectivity index (χ0v) is 18.6. The van der Waals surface area contributed by atoms with Crippen molar-refractivity contribution in [1.82, 2.24) is 33.6 Å². The van der Waals surface area contributed by atoms with Crippen LogP contribution in [0.25, 0.3) is 22.2 Å². The Kier molecular flexibility index (Phi) is 4.93. The topological polar surface area (TPSA) is 131 Å². The molecule has 4 heterocycles. The molecule has 1 aromatic carbocycles. The van der Waals surface area contributed by atoms with Gasteiger partial charge in [-0.3, -0.25) is 18.7 Å². The van der Waals surface area contributed by atoms with Crippen LogP contribution < -0.4 is 11.2 Å². The fourth-order valence-electron chi connectivity index (χ4n) is 4.57. The summed E-state index contributed by atoms with van der Waals surface area (Å²) in [7, 11) is 2.96. The highest BCUT2D eigenvalue weighted by atomic mass is 16.3. The lowest BCUT2D eigenvalue weighted by molar-refractivity contribution is -0.130. The van der Waals surface area contributed by atoms with Gasteiger partial charge in [-0.2, -0.15) is 0 Å². The zero-order valence-electron chi connectivity index (χ0n) is 18.6. The van der Waals surface area contributed by atoms with Crippen LogP contribution in [0.1, 0.15) is 23.9 Å². The van der Waals surface area contributed by atoms with Crippen molar-refractivity contribution in [3.8, 4) is 0 Å². The van der Waals surface area contributed by atoms with E-state index in [2.05, 4.69) is 15.0 Å². The predicted octanol–water partition coefficient (Wildman–Crippen LogP) is -0.00458. The molecular weight excluding hydrogens is 426 g/mol. The monoisotopic (exact) mass is 451 g/mol. The lowest BCUT2D eigenvalue weighted by Gasteiger charge is -2.18. The summed E-state index contributed by atoms with van der Waals surface area (Å²) < 4.78 is 3.96. The molecule has 2 N–H and O–H groups in total. The molecule has 2 atom stereocenters. The van der Waals surface area contributed by atoms with E-state index in [1.165, 1.54) is 17.9 Å². The first-order valence-electron chi connectivity index (χ1n) is 10.8. The van der Waals surface area contributed by atoms with Crippen molar-refractivity contribution in [1.29, 1.82) is 0 Å². The third-order valence-electron chi connectivity index (χ3n) is 6.40. The number of carbonyl (C=O) groups excluding carboxylic acids is 1. The van der Waals surface area contributed by atoms with Gasteiger partial charge in [0.1, 0.15) is 11.5 Å². The minimum Gasteiger partial charge on any atom is -0.389 e. The Labute approximate surface area is 187 Å². The zero-order chi connectivity index (χ0) is 23.4. The highest BCUT2D eigenvalue weighted by Crippen LogP contribution is 2.26. The molecule has 1 fully saturated rings. The molecule has 1 aliphatic heterocycles. The van der Waals surface area contributed by atoms with Crippen molar-refractivity contribution >= 4 is 28.1 Å². The molecule has 0 unspecified atom stereocenters. The minimum absolute atomic E-state index is 0.0950. The Morgan fingerprint density at radius 3 is 2.79 bits per heavy atom. The molecule has 172 valence electrons. The number of aromatic amines is 1. The number of hydrogen-bond acceptors (Lipinski definition) is 6. The molecule has 0 bridgehead atoms. The highest BCUT2D eigenvalue weighted by molar-refractivity contribution is 5.78. The van der Waals surface area contributed by atoms with Gasteiger partial charge < -0.3 is 19.6 Å². The summed E-state index contributed by atoms with van der Waals surface area (Å²) in [4.78, 5) is 51.2. The number of likely N-dealkylation sites (tertiary alicyclic amines) is 1.